The van der Waals surface area contributed by atoms with E-state index in [9.17, 15) is 4.79 Å². The third-order valence-corrected chi connectivity index (χ3v) is 3.47. The van der Waals surface area contributed by atoms with Gasteiger partial charge in [0, 0.05) is 4.88 Å². The fourth-order valence-corrected chi connectivity index (χ4v) is 2.98. The standard InChI is InChI=1S/C8H9BrO2S/c1-4-3-6(7(9)12-4)5(2)8(10)11/h3,5H,1-2H3,(H,10,11). The number of halogens is 1. The minimum atomic E-state index is -0.784. The largest absolute Gasteiger partial charge is 0.481 e. The molecule has 0 amide bonds. The lowest BCUT2D eigenvalue weighted by atomic mass is 10.1. The normalized spacial score (nSPS) is 12.9. The van der Waals surface area contributed by atoms with Gasteiger partial charge in [-0.1, -0.05) is 0 Å². The van der Waals surface area contributed by atoms with Crippen molar-refractivity contribution >= 4 is 33.2 Å². The average molecular weight is 249 g/mol. The summed E-state index contributed by atoms with van der Waals surface area (Å²) < 4.78 is 0.926. The van der Waals surface area contributed by atoms with Crippen LogP contribution < -0.4 is 0 Å². The van der Waals surface area contributed by atoms with Crippen LogP contribution in [0.1, 0.15) is 23.3 Å². The summed E-state index contributed by atoms with van der Waals surface area (Å²) >= 11 is 4.91. The van der Waals surface area contributed by atoms with Gasteiger partial charge in [-0.05, 0) is 41.4 Å². The zero-order valence-electron chi connectivity index (χ0n) is 6.80. The number of rotatable bonds is 2. The molecule has 1 unspecified atom stereocenters. The number of carbonyl (C=O) groups is 1. The maximum Gasteiger partial charge on any atom is 0.310 e. The van der Waals surface area contributed by atoms with Crippen molar-refractivity contribution < 1.29 is 9.90 Å². The minimum Gasteiger partial charge on any atom is -0.481 e. The van der Waals surface area contributed by atoms with Crippen molar-refractivity contribution in [1.82, 2.24) is 0 Å². The van der Waals surface area contributed by atoms with Gasteiger partial charge in [-0.15, -0.1) is 11.3 Å². The van der Waals surface area contributed by atoms with Gasteiger partial charge in [0.1, 0.15) is 0 Å². The van der Waals surface area contributed by atoms with E-state index in [1.807, 2.05) is 13.0 Å². The third kappa shape index (κ3) is 1.87. The number of hydrogen-bond acceptors (Lipinski definition) is 2. The number of carboxylic acids is 1. The Kier molecular flexibility index (Phi) is 2.90. The van der Waals surface area contributed by atoms with Gasteiger partial charge in [0.25, 0.3) is 0 Å². The zero-order chi connectivity index (χ0) is 9.30. The first-order valence-corrected chi connectivity index (χ1v) is 5.12. The molecule has 0 saturated carbocycles. The van der Waals surface area contributed by atoms with Crippen LogP contribution in [0.3, 0.4) is 0 Å². The summed E-state index contributed by atoms with van der Waals surface area (Å²) in [5, 5.41) is 8.75. The molecule has 66 valence electrons. The maximum absolute atomic E-state index is 10.6. The van der Waals surface area contributed by atoms with Gasteiger partial charge < -0.3 is 5.11 Å². The van der Waals surface area contributed by atoms with Crippen LogP contribution in [0.15, 0.2) is 9.85 Å². The molecule has 1 rings (SSSR count). The van der Waals surface area contributed by atoms with Gasteiger partial charge >= 0.3 is 5.97 Å². The van der Waals surface area contributed by atoms with Crippen molar-refractivity contribution in [3.8, 4) is 0 Å². The van der Waals surface area contributed by atoms with Crippen LogP contribution in [0.2, 0.25) is 0 Å². The molecule has 4 heteroatoms. The number of hydrogen-bond donors (Lipinski definition) is 1. The molecule has 1 aromatic rings. The van der Waals surface area contributed by atoms with E-state index < -0.39 is 11.9 Å². The van der Waals surface area contributed by atoms with Crippen molar-refractivity contribution in [3.63, 3.8) is 0 Å². The monoisotopic (exact) mass is 248 g/mol. The Morgan fingerprint density at radius 3 is 2.67 bits per heavy atom. The number of carboxylic acid groups (broad SMARTS) is 1. The topological polar surface area (TPSA) is 37.3 Å². The van der Waals surface area contributed by atoms with E-state index in [0.717, 1.165) is 14.2 Å². The highest BCUT2D eigenvalue weighted by Gasteiger charge is 2.18. The summed E-state index contributed by atoms with van der Waals surface area (Å²) in [4.78, 5) is 11.8. The van der Waals surface area contributed by atoms with Gasteiger partial charge in [-0.3, -0.25) is 4.79 Å². The number of thiophene rings is 1. The maximum atomic E-state index is 10.6. The van der Waals surface area contributed by atoms with E-state index >= 15 is 0 Å². The second-order valence-corrected chi connectivity index (χ2v) is 5.22. The van der Waals surface area contributed by atoms with Crippen LogP contribution in [0, 0.1) is 6.92 Å². The molecular formula is C8H9BrO2S. The molecular weight excluding hydrogens is 240 g/mol. The molecule has 0 bridgehead atoms. The van der Waals surface area contributed by atoms with Gasteiger partial charge in [-0.25, -0.2) is 0 Å². The molecule has 0 aliphatic rings. The molecule has 0 radical (unpaired) electrons. The highest BCUT2D eigenvalue weighted by Crippen LogP contribution is 2.32. The summed E-state index contributed by atoms with van der Waals surface area (Å²) in [7, 11) is 0. The Bertz CT molecular complexity index is 306. The average Bonchev–Trinajstić information content (AvgIpc) is 2.28. The molecule has 0 spiro atoms. The summed E-state index contributed by atoms with van der Waals surface area (Å²) in [6, 6.07) is 1.91. The Morgan fingerprint density at radius 2 is 2.33 bits per heavy atom. The molecule has 12 heavy (non-hydrogen) atoms. The lowest BCUT2D eigenvalue weighted by Gasteiger charge is -2.02. The molecule has 1 N–H and O–H groups in total. The first kappa shape index (κ1) is 9.74. The van der Waals surface area contributed by atoms with Crippen molar-refractivity contribution in [2.75, 3.05) is 0 Å². The second-order valence-electron chi connectivity index (χ2n) is 2.65. The summed E-state index contributed by atoms with van der Waals surface area (Å²) in [5.74, 6) is -1.21. The Labute approximate surface area is 83.4 Å². The Balaban J connectivity index is 3.02. The van der Waals surface area contributed by atoms with E-state index in [1.54, 1.807) is 18.3 Å². The lowest BCUT2D eigenvalue weighted by molar-refractivity contribution is -0.138. The van der Waals surface area contributed by atoms with Crippen molar-refractivity contribution in [1.29, 1.82) is 0 Å². The molecule has 0 fully saturated rings. The molecule has 0 aromatic carbocycles. The molecule has 0 saturated heterocycles. The zero-order valence-corrected chi connectivity index (χ0v) is 9.20. The van der Waals surface area contributed by atoms with Crippen molar-refractivity contribution in [2.45, 2.75) is 19.8 Å². The molecule has 1 atom stereocenters. The quantitative estimate of drug-likeness (QED) is 0.874. The van der Waals surface area contributed by atoms with E-state index in [1.165, 1.54) is 0 Å². The molecule has 1 aromatic heterocycles. The van der Waals surface area contributed by atoms with Crippen LogP contribution >= 0.6 is 27.3 Å². The smallest absolute Gasteiger partial charge is 0.310 e. The second kappa shape index (κ2) is 3.58. The Morgan fingerprint density at radius 1 is 1.75 bits per heavy atom. The summed E-state index contributed by atoms with van der Waals surface area (Å²) in [6.07, 6.45) is 0. The summed E-state index contributed by atoms with van der Waals surface area (Å²) in [6.45, 7) is 3.65. The van der Waals surface area contributed by atoms with Gasteiger partial charge in [0.2, 0.25) is 0 Å². The van der Waals surface area contributed by atoms with E-state index in [0.29, 0.717) is 0 Å². The molecule has 0 aliphatic carbocycles. The molecule has 0 aliphatic heterocycles. The van der Waals surface area contributed by atoms with Gasteiger partial charge in [-0.2, -0.15) is 0 Å². The first-order valence-electron chi connectivity index (χ1n) is 3.51. The van der Waals surface area contributed by atoms with Crippen LogP contribution in [-0.4, -0.2) is 11.1 Å². The Hall–Kier alpha value is -0.350. The van der Waals surface area contributed by atoms with Crippen molar-refractivity contribution in [3.05, 3.63) is 20.3 Å². The highest BCUT2D eigenvalue weighted by atomic mass is 79.9. The van der Waals surface area contributed by atoms with Gasteiger partial charge in [0.15, 0.2) is 0 Å². The minimum absolute atomic E-state index is 0.427. The molecule has 2 nitrogen and oxygen atoms in total. The van der Waals surface area contributed by atoms with Crippen LogP contribution in [0.25, 0.3) is 0 Å². The molecule has 1 heterocycles. The van der Waals surface area contributed by atoms with Crippen LogP contribution in [0.4, 0.5) is 0 Å². The van der Waals surface area contributed by atoms with Crippen LogP contribution in [0.5, 0.6) is 0 Å². The first-order chi connectivity index (χ1) is 5.52. The SMILES string of the molecule is Cc1cc(C(C)C(=O)O)c(Br)s1. The van der Waals surface area contributed by atoms with E-state index in [-0.39, 0.29) is 0 Å². The van der Waals surface area contributed by atoms with Gasteiger partial charge in [0.05, 0.1) is 9.70 Å². The third-order valence-electron chi connectivity index (χ3n) is 1.67. The lowest BCUT2D eigenvalue weighted by Crippen LogP contribution is -2.06. The van der Waals surface area contributed by atoms with E-state index in [4.69, 9.17) is 5.11 Å². The predicted octanol–water partition coefficient (Wildman–Crippen LogP) is 3.01. The van der Waals surface area contributed by atoms with E-state index in [2.05, 4.69) is 15.9 Å². The van der Waals surface area contributed by atoms with Crippen molar-refractivity contribution in [2.24, 2.45) is 0 Å². The van der Waals surface area contributed by atoms with Crippen LogP contribution in [-0.2, 0) is 4.79 Å². The number of aryl methyl sites for hydroxylation is 1. The summed E-state index contributed by atoms with van der Waals surface area (Å²) in [5.41, 5.74) is 0.866. The highest BCUT2D eigenvalue weighted by molar-refractivity contribution is 9.11. The fraction of sp³-hybridized carbons (Fsp3) is 0.375. The fourth-order valence-electron chi connectivity index (χ4n) is 0.934. The number of aliphatic carboxylic acids is 1. The predicted molar refractivity (Wildman–Crippen MR) is 52.8 cm³/mol.